The van der Waals surface area contributed by atoms with Crippen LogP contribution in [-0.2, 0) is 0 Å². The Hall–Kier alpha value is -2.06. The van der Waals surface area contributed by atoms with Crippen molar-refractivity contribution in [3.8, 4) is 5.75 Å². The third-order valence-corrected chi connectivity index (χ3v) is 4.01. The number of rotatable bonds is 3. The molecule has 3 aromatic rings. The summed E-state index contributed by atoms with van der Waals surface area (Å²) in [6.45, 7) is 0. The van der Waals surface area contributed by atoms with E-state index in [9.17, 15) is 4.39 Å². The maximum Gasteiger partial charge on any atom is 0.123 e. The van der Waals surface area contributed by atoms with Gasteiger partial charge >= 0.3 is 0 Å². The fourth-order valence-electron chi connectivity index (χ4n) is 2.38. The van der Waals surface area contributed by atoms with Crippen LogP contribution in [0.1, 0.15) is 16.5 Å². The summed E-state index contributed by atoms with van der Waals surface area (Å²) in [5.74, 6) is 0.548. The number of alkyl halides is 1. The molecule has 3 aromatic carbocycles. The van der Waals surface area contributed by atoms with Gasteiger partial charge in [0.15, 0.2) is 0 Å². The zero-order valence-electron chi connectivity index (χ0n) is 11.5. The molecular weight excluding hydrogens is 287 g/mol. The van der Waals surface area contributed by atoms with Gasteiger partial charge in [0.25, 0.3) is 0 Å². The smallest absolute Gasteiger partial charge is 0.123 e. The molecule has 0 aliphatic carbocycles. The van der Waals surface area contributed by atoms with Crippen molar-refractivity contribution >= 4 is 22.4 Å². The highest BCUT2D eigenvalue weighted by atomic mass is 35.5. The maximum absolute atomic E-state index is 13.3. The van der Waals surface area contributed by atoms with E-state index in [1.54, 1.807) is 13.2 Å². The van der Waals surface area contributed by atoms with Gasteiger partial charge in [0.2, 0.25) is 0 Å². The Morgan fingerprint density at radius 2 is 1.62 bits per heavy atom. The van der Waals surface area contributed by atoms with Crippen LogP contribution in [0.2, 0.25) is 0 Å². The van der Waals surface area contributed by atoms with Gasteiger partial charge < -0.3 is 4.74 Å². The highest BCUT2D eigenvalue weighted by Gasteiger charge is 2.12. The second-order valence-electron chi connectivity index (χ2n) is 4.89. The molecule has 0 aliphatic rings. The molecule has 0 fully saturated rings. The molecule has 0 bridgehead atoms. The largest absolute Gasteiger partial charge is 0.497 e. The molecule has 0 aromatic heterocycles. The first kappa shape index (κ1) is 13.9. The van der Waals surface area contributed by atoms with Crippen LogP contribution >= 0.6 is 11.6 Å². The zero-order valence-corrected chi connectivity index (χ0v) is 12.3. The average Bonchev–Trinajstić information content (AvgIpc) is 2.53. The predicted molar refractivity (Wildman–Crippen MR) is 84.6 cm³/mol. The Morgan fingerprint density at radius 3 is 2.38 bits per heavy atom. The third kappa shape index (κ3) is 2.86. The number of methoxy groups -OCH3 is 1. The van der Waals surface area contributed by atoms with Gasteiger partial charge in [0.1, 0.15) is 11.6 Å². The number of benzene rings is 3. The van der Waals surface area contributed by atoms with E-state index < -0.39 is 0 Å². The van der Waals surface area contributed by atoms with E-state index >= 15 is 0 Å². The van der Waals surface area contributed by atoms with Crippen LogP contribution < -0.4 is 4.74 Å². The Kier molecular flexibility index (Phi) is 3.80. The summed E-state index contributed by atoms with van der Waals surface area (Å²) in [4.78, 5) is 0. The molecule has 3 heteroatoms. The molecule has 0 aliphatic heterocycles. The second-order valence-corrected chi connectivity index (χ2v) is 5.33. The average molecular weight is 301 g/mol. The van der Waals surface area contributed by atoms with Gasteiger partial charge in [0.05, 0.1) is 12.5 Å². The van der Waals surface area contributed by atoms with Gasteiger partial charge in [0, 0.05) is 0 Å². The van der Waals surface area contributed by atoms with Crippen LogP contribution in [-0.4, -0.2) is 7.11 Å². The van der Waals surface area contributed by atoms with Crippen molar-refractivity contribution in [2.75, 3.05) is 7.11 Å². The summed E-state index contributed by atoms with van der Waals surface area (Å²) in [6.07, 6.45) is 0. The minimum absolute atomic E-state index is 0.274. The first-order valence-electron chi connectivity index (χ1n) is 6.64. The molecular formula is C18H14ClFO. The van der Waals surface area contributed by atoms with Crippen LogP contribution in [0, 0.1) is 5.82 Å². The molecule has 0 saturated heterocycles. The van der Waals surface area contributed by atoms with Gasteiger partial charge in [-0.25, -0.2) is 4.39 Å². The van der Waals surface area contributed by atoms with E-state index in [-0.39, 0.29) is 11.2 Å². The lowest BCUT2D eigenvalue weighted by Gasteiger charge is -2.12. The van der Waals surface area contributed by atoms with E-state index in [2.05, 4.69) is 0 Å². The molecule has 0 saturated carbocycles. The molecule has 106 valence electrons. The SMILES string of the molecule is COc1ccc2cc(C(Cl)c3cccc(F)c3)ccc2c1. The quantitative estimate of drug-likeness (QED) is 0.595. The molecule has 0 amide bonds. The predicted octanol–water partition coefficient (Wildman–Crippen LogP) is 5.32. The van der Waals surface area contributed by atoms with Crippen molar-refractivity contribution < 1.29 is 9.13 Å². The minimum atomic E-state index is -0.368. The van der Waals surface area contributed by atoms with Crippen LogP contribution in [0.4, 0.5) is 4.39 Å². The zero-order chi connectivity index (χ0) is 14.8. The fourth-order valence-corrected chi connectivity index (χ4v) is 2.66. The molecule has 0 N–H and O–H groups in total. The monoisotopic (exact) mass is 300 g/mol. The van der Waals surface area contributed by atoms with Crippen molar-refractivity contribution in [2.45, 2.75) is 5.38 Å². The van der Waals surface area contributed by atoms with Gasteiger partial charge in [-0.15, -0.1) is 11.6 Å². The third-order valence-electron chi connectivity index (χ3n) is 3.51. The van der Waals surface area contributed by atoms with Crippen molar-refractivity contribution in [1.82, 2.24) is 0 Å². The Bertz CT molecular complexity index is 785. The lowest BCUT2D eigenvalue weighted by molar-refractivity contribution is 0.415. The number of ether oxygens (including phenoxy) is 1. The lowest BCUT2D eigenvalue weighted by atomic mass is 10.0. The Balaban J connectivity index is 2.00. The van der Waals surface area contributed by atoms with E-state index in [0.29, 0.717) is 0 Å². The van der Waals surface area contributed by atoms with E-state index in [1.807, 2.05) is 42.5 Å². The lowest BCUT2D eigenvalue weighted by Crippen LogP contribution is -1.94. The van der Waals surface area contributed by atoms with Crippen LogP contribution in [0.15, 0.2) is 60.7 Å². The summed E-state index contributed by atoms with van der Waals surface area (Å²) in [6, 6.07) is 18.3. The highest BCUT2D eigenvalue weighted by molar-refractivity contribution is 6.22. The molecule has 0 heterocycles. The topological polar surface area (TPSA) is 9.23 Å². The summed E-state index contributed by atoms with van der Waals surface area (Å²) in [7, 11) is 1.65. The first-order chi connectivity index (χ1) is 10.2. The van der Waals surface area contributed by atoms with Crippen LogP contribution in [0.25, 0.3) is 10.8 Å². The molecule has 1 atom stereocenters. The highest BCUT2D eigenvalue weighted by Crippen LogP contribution is 2.32. The van der Waals surface area contributed by atoms with Crippen molar-refractivity contribution in [3.05, 3.63) is 77.6 Å². The van der Waals surface area contributed by atoms with Crippen molar-refractivity contribution in [1.29, 1.82) is 0 Å². The molecule has 1 nitrogen and oxygen atoms in total. The van der Waals surface area contributed by atoms with E-state index in [1.165, 1.54) is 12.1 Å². The summed E-state index contributed by atoms with van der Waals surface area (Å²) < 4.78 is 18.5. The van der Waals surface area contributed by atoms with Crippen LogP contribution in [0.3, 0.4) is 0 Å². The molecule has 3 rings (SSSR count). The first-order valence-corrected chi connectivity index (χ1v) is 7.08. The van der Waals surface area contributed by atoms with E-state index in [0.717, 1.165) is 27.6 Å². The van der Waals surface area contributed by atoms with Crippen LogP contribution in [0.5, 0.6) is 5.75 Å². The maximum atomic E-state index is 13.3. The van der Waals surface area contributed by atoms with Crippen molar-refractivity contribution in [2.24, 2.45) is 0 Å². The molecule has 0 spiro atoms. The molecule has 0 radical (unpaired) electrons. The van der Waals surface area contributed by atoms with E-state index in [4.69, 9.17) is 16.3 Å². The number of fused-ring (bicyclic) bond motifs is 1. The normalized spacial score (nSPS) is 12.3. The van der Waals surface area contributed by atoms with Gasteiger partial charge in [-0.3, -0.25) is 0 Å². The minimum Gasteiger partial charge on any atom is -0.497 e. The van der Waals surface area contributed by atoms with Gasteiger partial charge in [-0.1, -0.05) is 30.3 Å². The summed E-state index contributed by atoms with van der Waals surface area (Å²) in [5.41, 5.74) is 1.70. The number of halogens is 2. The van der Waals surface area contributed by atoms with Gasteiger partial charge in [-0.05, 0) is 52.2 Å². The van der Waals surface area contributed by atoms with Gasteiger partial charge in [-0.2, -0.15) is 0 Å². The number of hydrogen-bond donors (Lipinski definition) is 0. The Morgan fingerprint density at radius 1 is 0.905 bits per heavy atom. The second kappa shape index (κ2) is 5.74. The summed E-state index contributed by atoms with van der Waals surface area (Å²) >= 11 is 6.47. The molecule has 1 unspecified atom stereocenters. The molecule has 21 heavy (non-hydrogen) atoms. The van der Waals surface area contributed by atoms with Crippen molar-refractivity contribution in [3.63, 3.8) is 0 Å². The fraction of sp³-hybridized carbons (Fsp3) is 0.111. The standard InChI is InChI=1S/C18H14ClFO/c1-21-17-8-7-12-9-15(6-5-13(12)11-17)18(19)14-3-2-4-16(20)10-14/h2-11,18H,1H3. The Labute approximate surface area is 127 Å². The summed E-state index contributed by atoms with van der Waals surface area (Å²) in [5, 5.41) is 1.80. The number of hydrogen-bond acceptors (Lipinski definition) is 1.